The number of rotatable bonds is 40. The number of aliphatic hydroxyl groups is 26. The van der Waals surface area contributed by atoms with E-state index < -0.39 is 407 Å². The fourth-order valence-corrected chi connectivity index (χ4v) is 15.9. The number of carboxylic acid groups (broad SMARTS) is 3. The average Bonchev–Trinajstić information content (AvgIpc) is 0.739. The topological polar surface area (TPSA) is 951 Å². The summed E-state index contributed by atoms with van der Waals surface area (Å²) in [7, 11) is 0. The zero-order valence-electron chi connectivity index (χ0n) is 67.8. The van der Waals surface area contributed by atoms with Gasteiger partial charge in [-0.3, -0.25) is 28.8 Å². The minimum absolute atomic E-state index is 0.793. The second-order valence-electron chi connectivity index (χ2n) is 31.2. The summed E-state index contributed by atoms with van der Waals surface area (Å²) >= 11 is 0. The highest BCUT2D eigenvalue weighted by Crippen LogP contribution is 2.44. The summed E-state index contributed by atoms with van der Waals surface area (Å²) in [6, 6.07) is -12.5. The van der Waals surface area contributed by atoms with Gasteiger partial charge in [0.2, 0.25) is 35.4 Å². The molecule has 0 aromatic carbocycles. The normalized spacial score (nSPS) is 42.0. The van der Waals surface area contributed by atoms with Gasteiger partial charge in [0, 0.05) is 40.0 Å². The number of hydrogen-bond acceptors (Lipinski definition) is 50. The number of carbonyl (C=O) groups is 9. The third-order valence-electron chi connectivity index (χ3n) is 22.3. The van der Waals surface area contributed by atoms with Gasteiger partial charge in [-0.25, -0.2) is 14.4 Å². The number of nitrogens with one attached hydrogen (secondary N) is 6. The molecular weight excluding hydrogens is 1760 g/mol. The molecule has 0 aromatic rings. The Hall–Kier alpha value is -6.41. The van der Waals surface area contributed by atoms with E-state index in [1.807, 2.05) is 10.6 Å². The molecule has 8 aliphatic rings. The summed E-state index contributed by atoms with van der Waals surface area (Å²) in [5, 5.41) is 332. The molecule has 6 amide bonds. The van der Waals surface area contributed by atoms with Crippen LogP contribution in [-0.2, 0) is 114 Å². The monoisotopic (exact) mass is 1870 g/mol. The molecule has 8 heterocycles. The van der Waals surface area contributed by atoms with E-state index in [2.05, 4.69) is 21.3 Å². The minimum Gasteiger partial charge on any atom is -0.477 e. The lowest BCUT2D eigenvalue weighted by molar-refractivity contribution is -0.395. The lowest BCUT2D eigenvalue weighted by Gasteiger charge is -2.53. The van der Waals surface area contributed by atoms with Gasteiger partial charge in [0.05, 0.1) is 89.3 Å². The molecule has 0 spiro atoms. The first kappa shape index (κ1) is 107. The van der Waals surface area contributed by atoms with Gasteiger partial charge in [0.1, 0.15) is 197 Å². The maximum atomic E-state index is 13.9. The molecule has 8 fully saturated rings. The minimum atomic E-state index is -3.56. The van der Waals surface area contributed by atoms with E-state index >= 15 is 0 Å². The number of hydrogen-bond donors (Lipinski definition) is 35. The van der Waals surface area contributed by atoms with Crippen molar-refractivity contribution < 1.29 is 262 Å². The van der Waals surface area contributed by atoms with E-state index in [1.165, 1.54) is 0 Å². The van der Waals surface area contributed by atoms with Crippen LogP contribution in [0.5, 0.6) is 0 Å². The highest BCUT2D eigenvalue weighted by atomic mass is 16.8. The SMILES string of the molecule is CC(=O)N[C@H]1[C@H](O[C@@H]2[C@H](O[C@]3(C(=O)O)C[C@H](O)[C@@H](NC(=O)CO)[C@H]([C@H](O)[C@H](O)CO)O3)[C@@H](NC(C)=O)[C@H](O[C@H]3[C@@H](O)[C@@H](CO)O[C@@H](O[C@@H]4[C@H](O)[C@@H](O)[C@H](O[C@H]5[C@@H](O)[C@@H](CO[C@]6(C(=O)O)C[C@H](O)[C@@H](NC(=O)CO)[C@H]([C@H](O)[C@@H](CO)O[C@]7(C(=O)O)C[C@H](O)[C@@H](NC(=O)CO)[C@H]([C@H](O)[C@H](O)CO)O7)O6)OC(O)[C@@H]5NC(C)=O)O[C@@H]4CO)[C@@H]3O)O[C@@H]2CO)O[C@H](CO)[C@H](O)[C@@H]1O. The standard InChI is InChI=1S/C69H112N6O53/c1-18(86)70-38-47(103)43(99)26(9-78)116-60(38)121-52-30(13-82)118-61(40(72-20(3)88)57(52)128-69(66(112)113)6-23(91)36(74-33(95)15-84)55(127-69)42(98)25(93)8-77)123-58-44(100)27(10-79)117-63(50(58)106)120-51-29(12-81)119-62(49(105)48(51)104)122-53-39(71-19(2)87)59(107)115-31(46(53)102)17-114-67(64(108)109)4-21(89)37(75-34(96)16-85)56(125-67)45(101)28(11-80)124-68(65(110)111)5-22(90)35(73-32(94)14-83)54(126-68)41(97)24(92)7-76/h21-31,35-63,76-85,89-93,97-107H,4-17H2,1-3H3,(H,70,86)(H,71,87)(H,72,88)(H,73,94)(H,74,95)(H,75,96)(H,108,109)(H,110,111)(H,112,113)/t21-,22-,23-,24+,25+,26+,27+,28+,29+,30+,31+,35+,36+,37+,38+,39+,40+,41+,42+,43-,44-,45+,46-,47+,48+,49+,50+,51-,52-,53+,54+,55+,56+,57+,58-,59?,60-,61-,62-,63-,67+,68+,69-/m0/s1. The van der Waals surface area contributed by atoms with Gasteiger partial charge in [-0.05, 0) is 0 Å². The maximum Gasteiger partial charge on any atom is 0.364 e. The van der Waals surface area contributed by atoms with E-state index in [-0.39, 0.29) is 0 Å². The van der Waals surface area contributed by atoms with Crippen molar-refractivity contribution in [2.24, 2.45) is 0 Å². The molecule has 8 saturated heterocycles. The predicted molar refractivity (Wildman–Crippen MR) is 390 cm³/mol. The highest BCUT2D eigenvalue weighted by Gasteiger charge is 2.66. The molecule has 43 atom stereocenters. The third-order valence-corrected chi connectivity index (χ3v) is 22.3. The fourth-order valence-electron chi connectivity index (χ4n) is 15.9. The van der Waals surface area contributed by atoms with Crippen LogP contribution in [0.4, 0.5) is 0 Å². The number of ether oxygens (including phenoxy) is 15. The van der Waals surface area contributed by atoms with E-state index in [1.54, 1.807) is 0 Å². The second kappa shape index (κ2) is 46.0. The van der Waals surface area contributed by atoms with E-state index in [4.69, 9.17) is 71.1 Å². The van der Waals surface area contributed by atoms with Gasteiger partial charge < -0.3 is 251 Å². The van der Waals surface area contributed by atoms with Crippen molar-refractivity contribution in [1.29, 1.82) is 0 Å². The molecule has 0 aliphatic carbocycles. The summed E-state index contributed by atoms with van der Waals surface area (Å²) in [6.45, 7) is -12.3. The van der Waals surface area contributed by atoms with Crippen LogP contribution in [0.15, 0.2) is 0 Å². The zero-order chi connectivity index (χ0) is 95.5. The molecule has 8 rings (SSSR count). The van der Waals surface area contributed by atoms with Crippen molar-refractivity contribution in [3.05, 3.63) is 0 Å². The van der Waals surface area contributed by atoms with Gasteiger partial charge in [-0.1, -0.05) is 0 Å². The zero-order valence-corrected chi connectivity index (χ0v) is 67.8. The van der Waals surface area contributed by atoms with E-state index in [9.17, 15) is 191 Å². The lowest BCUT2D eigenvalue weighted by Crippen LogP contribution is -2.74. The Morgan fingerprint density at radius 2 is 0.727 bits per heavy atom. The Bertz CT molecular complexity index is 3670. The Morgan fingerprint density at radius 3 is 1.20 bits per heavy atom. The summed E-state index contributed by atoms with van der Waals surface area (Å²) in [4.78, 5) is 117. The largest absolute Gasteiger partial charge is 0.477 e. The first-order chi connectivity index (χ1) is 60.2. The van der Waals surface area contributed by atoms with Crippen molar-refractivity contribution in [2.45, 2.75) is 302 Å². The maximum absolute atomic E-state index is 13.9. The van der Waals surface area contributed by atoms with Gasteiger partial charge >= 0.3 is 17.9 Å². The van der Waals surface area contributed by atoms with Crippen LogP contribution in [0.25, 0.3) is 0 Å². The second-order valence-corrected chi connectivity index (χ2v) is 31.2. The molecule has 128 heavy (non-hydrogen) atoms. The molecule has 0 bridgehead atoms. The molecule has 35 N–H and O–H groups in total. The van der Waals surface area contributed by atoms with Gasteiger partial charge in [0.15, 0.2) is 31.5 Å². The predicted octanol–water partition coefficient (Wildman–Crippen LogP) is -23.1. The molecule has 0 radical (unpaired) electrons. The van der Waals surface area contributed by atoms with Crippen molar-refractivity contribution >= 4 is 53.4 Å². The number of amides is 6. The fraction of sp³-hybridized carbons (Fsp3) is 0.870. The van der Waals surface area contributed by atoms with Crippen molar-refractivity contribution in [3.63, 3.8) is 0 Å². The van der Waals surface area contributed by atoms with Gasteiger partial charge in [-0.2, -0.15) is 0 Å². The first-order valence-electron chi connectivity index (χ1n) is 39.5. The summed E-state index contributed by atoms with van der Waals surface area (Å²) in [5.41, 5.74) is 0. The molecule has 8 aliphatic heterocycles. The van der Waals surface area contributed by atoms with Crippen LogP contribution >= 0.6 is 0 Å². The van der Waals surface area contributed by atoms with Crippen LogP contribution in [-0.4, -0.2) is 536 Å². The van der Waals surface area contributed by atoms with Crippen LogP contribution < -0.4 is 31.9 Å². The Kier molecular flexibility index (Phi) is 38.4. The quantitative estimate of drug-likeness (QED) is 0.0271. The Labute approximate surface area is 720 Å². The number of aliphatic hydroxyl groups excluding tert-OH is 26. The van der Waals surface area contributed by atoms with Crippen molar-refractivity contribution in [3.8, 4) is 0 Å². The molecule has 736 valence electrons. The van der Waals surface area contributed by atoms with E-state index in [0.717, 1.165) is 20.8 Å². The number of aliphatic carboxylic acids is 3. The van der Waals surface area contributed by atoms with Crippen molar-refractivity contribution in [2.75, 3.05) is 72.7 Å². The lowest BCUT2D eigenvalue weighted by atomic mass is 9.87. The van der Waals surface area contributed by atoms with Crippen LogP contribution in [0, 0.1) is 0 Å². The highest BCUT2D eigenvalue weighted by molar-refractivity contribution is 5.80. The molecular formula is C69H112N6O53. The Balaban J connectivity index is 1.07. The summed E-state index contributed by atoms with van der Waals surface area (Å²) in [6.07, 6.45) is -84.5. The summed E-state index contributed by atoms with van der Waals surface area (Å²) < 4.78 is 87.8. The molecule has 59 heteroatoms. The number of carboxylic acids is 3. The average molecular weight is 1870 g/mol. The van der Waals surface area contributed by atoms with Crippen LogP contribution in [0.2, 0.25) is 0 Å². The van der Waals surface area contributed by atoms with Crippen LogP contribution in [0.3, 0.4) is 0 Å². The van der Waals surface area contributed by atoms with Gasteiger partial charge in [0.25, 0.3) is 17.4 Å². The van der Waals surface area contributed by atoms with E-state index in [0.29, 0.717) is 0 Å². The Morgan fingerprint density at radius 1 is 0.352 bits per heavy atom. The summed E-state index contributed by atoms with van der Waals surface area (Å²) in [5.74, 6) is -24.5. The van der Waals surface area contributed by atoms with Gasteiger partial charge in [-0.15, -0.1) is 0 Å². The van der Waals surface area contributed by atoms with Crippen molar-refractivity contribution in [1.82, 2.24) is 31.9 Å². The number of carbonyl (C=O) groups excluding carboxylic acids is 6. The third kappa shape index (κ3) is 23.8. The van der Waals surface area contributed by atoms with Crippen LogP contribution in [0.1, 0.15) is 40.0 Å². The first-order valence-corrected chi connectivity index (χ1v) is 39.5. The smallest absolute Gasteiger partial charge is 0.364 e. The molecule has 1 unspecified atom stereocenters. The molecule has 0 aromatic heterocycles. The molecule has 59 nitrogen and oxygen atoms in total. The molecule has 0 saturated carbocycles.